The third-order valence-electron chi connectivity index (χ3n) is 5.10. The maximum Gasteiger partial charge on any atom is 0.274 e. The number of carbonyl (C=O) groups is 1. The van der Waals surface area contributed by atoms with Crippen LogP contribution in [0.1, 0.15) is 41.9 Å². The average Bonchev–Trinajstić information content (AvgIpc) is 3.37. The molecule has 0 aromatic carbocycles. The van der Waals surface area contributed by atoms with Crippen molar-refractivity contribution in [3.05, 3.63) is 46.8 Å². The molecule has 4 rings (SSSR count). The van der Waals surface area contributed by atoms with E-state index in [1.54, 1.807) is 17.2 Å². The highest BCUT2D eigenvalue weighted by Gasteiger charge is 2.34. The summed E-state index contributed by atoms with van der Waals surface area (Å²) in [7, 11) is 1.42. The van der Waals surface area contributed by atoms with E-state index in [0.717, 1.165) is 19.0 Å². The fourth-order valence-electron chi connectivity index (χ4n) is 3.45. The number of ether oxygens (including phenoxy) is 1. The molecular weight excluding hydrogens is 401 g/mol. The maximum absolute atomic E-state index is 14.2. The van der Waals surface area contributed by atoms with Gasteiger partial charge in [-0.05, 0) is 25.8 Å². The first-order chi connectivity index (χ1) is 14.0. The predicted octanol–water partition coefficient (Wildman–Crippen LogP) is 3.67. The predicted molar refractivity (Wildman–Crippen MR) is 102 cm³/mol. The Kier molecular flexibility index (Phi) is 5.23. The van der Waals surface area contributed by atoms with Crippen LogP contribution in [0.3, 0.4) is 0 Å². The van der Waals surface area contributed by atoms with Gasteiger partial charge in [0.05, 0.1) is 23.9 Å². The first-order valence-electron chi connectivity index (χ1n) is 9.14. The number of piperidine rings is 1. The number of aromatic amines is 1. The molecule has 1 aliphatic heterocycles. The second kappa shape index (κ2) is 7.82. The summed E-state index contributed by atoms with van der Waals surface area (Å²) < 4.78 is 24.6. The Morgan fingerprint density at radius 2 is 2.24 bits per heavy atom. The number of halogens is 2. The molecule has 8 nitrogen and oxygen atoms in total. The van der Waals surface area contributed by atoms with Crippen LogP contribution in [0.2, 0.25) is 5.02 Å². The first kappa shape index (κ1) is 19.4. The molecule has 0 saturated carbocycles. The number of hydrogen-bond acceptors (Lipinski definition) is 6. The fraction of sp³-hybridized carbons (Fsp3) is 0.368. The smallest absolute Gasteiger partial charge is 0.274 e. The lowest BCUT2D eigenvalue weighted by molar-refractivity contribution is 0.0599. The number of rotatable bonds is 4. The lowest BCUT2D eigenvalue weighted by atomic mass is 9.92. The Hall–Kier alpha value is -2.94. The van der Waals surface area contributed by atoms with Crippen LogP contribution in [0.25, 0.3) is 11.6 Å². The Balaban J connectivity index is 1.56. The number of carbonyl (C=O) groups excluding carboxylic acids is 1. The van der Waals surface area contributed by atoms with E-state index < -0.39 is 11.7 Å². The van der Waals surface area contributed by atoms with Crippen molar-refractivity contribution in [1.29, 1.82) is 0 Å². The van der Waals surface area contributed by atoms with Crippen LogP contribution >= 0.6 is 11.6 Å². The first-order valence-corrected chi connectivity index (χ1v) is 9.52. The van der Waals surface area contributed by atoms with Crippen LogP contribution in [-0.2, 0) is 0 Å². The fourth-order valence-corrected chi connectivity index (χ4v) is 3.62. The molecule has 1 fully saturated rings. The molecule has 10 heteroatoms. The molecule has 2 atom stereocenters. The molecule has 0 radical (unpaired) electrons. The number of methoxy groups -OCH3 is 1. The van der Waals surface area contributed by atoms with Crippen LogP contribution in [0.4, 0.5) is 4.39 Å². The third-order valence-corrected chi connectivity index (χ3v) is 5.32. The maximum atomic E-state index is 14.2. The highest BCUT2D eigenvalue weighted by atomic mass is 35.5. The summed E-state index contributed by atoms with van der Waals surface area (Å²) in [6, 6.07) is 2.96. The molecule has 3 aromatic heterocycles. The Labute approximate surface area is 171 Å². The number of aromatic nitrogens is 4. The minimum absolute atomic E-state index is 0.0501. The van der Waals surface area contributed by atoms with E-state index >= 15 is 0 Å². The molecule has 2 unspecified atom stereocenters. The third kappa shape index (κ3) is 3.82. The number of likely N-dealkylation sites (tertiary alicyclic amines) is 1. The Morgan fingerprint density at radius 3 is 2.97 bits per heavy atom. The van der Waals surface area contributed by atoms with Crippen molar-refractivity contribution in [2.45, 2.75) is 31.7 Å². The molecule has 1 N–H and O–H groups in total. The van der Waals surface area contributed by atoms with Gasteiger partial charge in [0.25, 0.3) is 11.8 Å². The minimum Gasteiger partial charge on any atom is -0.481 e. The van der Waals surface area contributed by atoms with E-state index in [9.17, 15) is 9.18 Å². The van der Waals surface area contributed by atoms with Crippen molar-refractivity contribution in [2.24, 2.45) is 0 Å². The second-order valence-corrected chi connectivity index (χ2v) is 7.41. The van der Waals surface area contributed by atoms with Crippen LogP contribution in [0.15, 0.2) is 29.0 Å². The normalized spacial score (nSPS) is 19.4. The summed E-state index contributed by atoms with van der Waals surface area (Å²) in [5.74, 6) is -0.208. The number of pyridine rings is 1. The molecule has 1 aliphatic rings. The number of nitrogens with one attached hydrogen (secondary N) is 1. The van der Waals surface area contributed by atoms with Crippen molar-refractivity contribution in [3.8, 4) is 17.5 Å². The van der Waals surface area contributed by atoms with E-state index in [4.69, 9.17) is 20.9 Å². The van der Waals surface area contributed by atoms with Gasteiger partial charge < -0.3 is 19.1 Å². The van der Waals surface area contributed by atoms with Gasteiger partial charge in [0.15, 0.2) is 11.6 Å². The van der Waals surface area contributed by atoms with Crippen molar-refractivity contribution >= 4 is 17.5 Å². The largest absolute Gasteiger partial charge is 0.481 e. The highest BCUT2D eigenvalue weighted by molar-refractivity contribution is 6.30. The number of amides is 1. The zero-order valence-electron chi connectivity index (χ0n) is 15.9. The van der Waals surface area contributed by atoms with Crippen molar-refractivity contribution in [1.82, 2.24) is 25.0 Å². The lowest BCUT2D eigenvalue weighted by Gasteiger charge is -2.37. The van der Waals surface area contributed by atoms with Gasteiger partial charge in [-0.2, -0.15) is 4.98 Å². The summed E-state index contributed by atoms with van der Waals surface area (Å²) in [6.07, 6.45) is 4.14. The van der Waals surface area contributed by atoms with E-state index in [0.29, 0.717) is 29.0 Å². The van der Waals surface area contributed by atoms with Crippen molar-refractivity contribution in [3.63, 3.8) is 0 Å². The van der Waals surface area contributed by atoms with Gasteiger partial charge in [-0.3, -0.25) is 4.79 Å². The SMILES string of the molecule is COc1cc(C(=O)N2CC(c3noc(-c4cc(Cl)c[nH]4)n3)CCC2C)c(F)cn1. The van der Waals surface area contributed by atoms with E-state index in [-0.39, 0.29) is 23.4 Å². The second-order valence-electron chi connectivity index (χ2n) is 6.98. The lowest BCUT2D eigenvalue weighted by Crippen LogP contribution is -2.45. The van der Waals surface area contributed by atoms with Gasteiger partial charge in [-0.1, -0.05) is 16.8 Å². The van der Waals surface area contributed by atoms with E-state index in [2.05, 4.69) is 20.1 Å². The van der Waals surface area contributed by atoms with Crippen LogP contribution in [-0.4, -0.2) is 50.6 Å². The monoisotopic (exact) mass is 419 g/mol. The Bertz CT molecular complexity index is 1040. The van der Waals surface area contributed by atoms with Crippen molar-refractivity contribution < 1.29 is 18.4 Å². The van der Waals surface area contributed by atoms with Gasteiger partial charge in [-0.15, -0.1) is 0 Å². The summed E-state index contributed by atoms with van der Waals surface area (Å²) in [5.41, 5.74) is 0.552. The molecule has 4 heterocycles. The molecule has 0 bridgehead atoms. The van der Waals surface area contributed by atoms with Gasteiger partial charge in [0.2, 0.25) is 5.88 Å². The van der Waals surface area contributed by atoms with E-state index in [1.165, 1.54) is 13.2 Å². The molecule has 152 valence electrons. The van der Waals surface area contributed by atoms with Crippen LogP contribution in [0, 0.1) is 5.82 Å². The molecular formula is C19H19ClFN5O3. The van der Waals surface area contributed by atoms with Gasteiger partial charge >= 0.3 is 0 Å². The molecule has 1 amide bonds. The highest BCUT2D eigenvalue weighted by Crippen LogP contribution is 2.31. The topological polar surface area (TPSA) is 97.1 Å². The standard InChI is InChI=1S/C19H19ClFN5O3/c1-10-3-4-11(17-24-18(29-25-17)15-5-12(20)7-22-15)9-26(10)19(27)13-6-16(28-2)23-8-14(13)21/h5-8,10-11,22H,3-4,9H2,1-2H3. The molecule has 0 aliphatic carbocycles. The van der Waals surface area contributed by atoms with Gasteiger partial charge in [0, 0.05) is 30.8 Å². The summed E-state index contributed by atoms with van der Waals surface area (Å²) >= 11 is 5.92. The van der Waals surface area contributed by atoms with Gasteiger partial charge in [-0.25, -0.2) is 9.37 Å². The van der Waals surface area contributed by atoms with Gasteiger partial charge in [0.1, 0.15) is 5.69 Å². The van der Waals surface area contributed by atoms with Crippen LogP contribution in [0.5, 0.6) is 5.88 Å². The minimum atomic E-state index is -0.685. The van der Waals surface area contributed by atoms with Crippen LogP contribution < -0.4 is 4.74 Å². The average molecular weight is 420 g/mol. The number of H-pyrrole nitrogens is 1. The Morgan fingerprint density at radius 1 is 1.41 bits per heavy atom. The quantitative estimate of drug-likeness (QED) is 0.693. The summed E-state index contributed by atoms with van der Waals surface area (Å²) in [5, 5.41) is 4.61. The summed E-state index contributed by atoms with van der Waals surface area (Å²) in [6.45, 7) is 2.29. The molecule has 29 heavy (non-hydrogen) atoms. The molecule has 3 aromatic rings. The van der Waals surface area contributed by atoms with Crippen molar-refractivity contribution in [2.75, 3.05) is 13.7 Å². The number of nitrogens with zero attached hydrogens (tertiary/aromatic N) is 4. The zero-order chi connectivity index (χ0) is 20.5. The molecule has 0 spiro atoms. The summed E-state index contributed by atoms with van der Waals surface area (Å²) in [4.78, 5) is 25.8. The number of hydrogen-bond donors (Lipinski definition) is 1. The van der Waals surface area contributed by atoms with E-state index in [1.807, 2.05) is 6.92 Å². The zero-order valence-corrected chi connectivity index (χ0v) is 16.6. The molecule has 1 saturated heterocycles.